The van der Waals surface area contributed by atoms with Gasteiger partial charge in [-0.05, 0) is 29.8 Å². The van der Waals surface area contributed by atoms with Crippen molar-refractivity contribution in [3.8, 4) is 5.75 Å². The summed E-state index contributed by atoms with van der Waals surface area (Å²) < 4.78 is 5.79. The molecule has 5 heteroatoms. The van der Waals surface area contributed by atoms with Crippen LogP contribution in [0.2, 0.25) is 0 Å². The SMILES string of the molecule is O=c1[nH]c2ccccc2nc1/C=C(\O)c1cccc(OCc2ccccc2)c1. The second-order valence-corrected chi connectivity index (χ2v) is 6.30. The largest absolute Gasteiger partial charge is 0.507 e. The highest BCUT2D eigenvalue weighted by molar-refractivity contribution is 5.79. The van der Waals surface area contributed by atoms with Gasteiger partial charge in [-0.25, -0.2) is 4.98 Å². The number of hydrogen-bond acceptors (Lipinski definition) is 4. The number of benzene rings is 3. The Labute approximate surface area is 161 Å². The Hall–Kier alpha value is -3.86. The average molecular weight is 370 g/mol. The minimum Gasteiger partial charge on any atom is -0.507 e. The highest BCUT2D eigenvalue weighted by Crippen LogP contribution is 2.21. The first-order valence-corrected chi connectivity index (χ1v) is 8.86. The number of nitrogens with one attached hydrogen (secondary N) is 1. The number of hydrogen-bond donors (Lipinski definition) is 2. The maximum Gasteiger partial charge on any atom is 0.274 e. The maximum atomic E-state index is 12.2. The fourth-order valence-corrected chi connectivity index (χ4v) is 2.84. The molecule has 0 bridgehead atoms. The molecule has 1 aromatic heterocycles. The summed E-state index contributed by atoms with van der Waals surface area (Å²) in [6, 6.07) is 24.2. The van der Waals surface area contributed by atoms with E-state index in [1.807, 2.05) is 48.5 Å². The summed E-state index contributed by atoms with van der Waals surface area (Å²) in [5.74, 6) is 0.570. The van der Waals surface area contributed by atoms with E-state index in [4.69, 9.17) is 4.74 Å². The van der Waals surface area contributed by atoms with Crippen LogP contribution in [0.1, 0.15) is 16.8 Å². The first kappa shape index (κ1) is 17.5. The van der Waals surface area contributed by atoms with E-state index >= 15 is 0 Å². The van der Waals surface area contributed by atoms with Crippen LogP contribution in [0.15, 0.2) is 83.7 Å². The molecule has 0 aliphatic heterocycles. The van der Waals surface area contributed by atoms with Gasteiger partial charge in [-0.2, -0.15) is 0 Å². The molecule has 5 nitrogen and oxygen atoms in total. The van der Waals surface area contributed by atoms with Crippen molar-refractivity contribution in [1.29, 1.82) is 0 Å². The molecule has 138 valence electrons. The van der Waals surface area contributed by atoms with Crippen molar-refractivity contribution in [1.82, 2.24) is 9.97 Å². The predicted molar refractivity (Wildman–Crippen MR) is 110 cm³/mol. The second kappa shape index (κ2) is 7.80. The third-order valence-corrected chi connectivity index (χ3v) is 4.28. The smallest absolute Gasteiger partial charge is 0.274 e. The number of aliphatic hydroxyl groups excluding tert-OH is 1. The van der Waals surface area contributed by atoms with E-state index in [0.29, 0.717) is 29.0 Å². The topological polar surface area (TPSA) is 75.2 Å². The molecule has 0 atom stereocenters. The average Bonchev–Trinajstić information content (AvgIpc) is 2.74. The van der Waals surface area contributed by atoms with Crippen molar-refractivity contribution in [2.75, 3.05) is 0 Å². The van der Waals surface area contributed by atoms with Crippen LogP contribution < -0.4 is 10.3 Å². The first-order chi connectivity index (χ1) is 13.7. The van der Waals surface area contributed by atoms with Crippen LogP contribution in [0.3, 0.4) is 0 Å². The van der Waals surface area contributed by atoms with Crippen LogP contribution >= 0.6 is 0 Å². The Bertz CT molecular complexity index is 1200. The van der Waals surface area contributed by atoms with E-state index in [-0.39, 0.29) is 17.0 Å². The van der Waals surface area contributed by atoms with E-state index in [9.17, 15) is 9.90 Å². The van der Waals surface area contributed by atoms with Gasteiger partial charge in [-0.3, -0.25) is 4.79 Å². The molecule has 0 aliphatic carbocycles. The zero-order valence-corrected chi connectivity index (χ0v) is 15.0. The number of ether oxygens (including phenoxy) is 1. The van der Waals surface area contributed by atoms with Crippen molar-refractivity contribution in [3.63, 3.8) is 0 Å². The lowest BCUT2D eigenvalue weighted by atomic mass is 10.1. The minimum atomic E-state index is -0.360. The predicted octanol–water partition coefficient (Wildman–Crippen LogP) is 4.56. The van der Waals surface area contributed by atoms with Gasteiger partial charge < -0.3 is 14.8 Å². The molecule has 4 aromatic rings. The molecule has 4 rings (SSSR count). The normalized spacial score (nSPS) is 11.5. The molecule has 3 aromatic carbocycles. The number of fused-ring (bicyclic) bond motifs is 1. The van der Waals surface area contributed by atoms with Gasteiger partial charge in [0, 0.05) is 11.6 Å². The molecular weight excluding hydrogens is 352 g/mol. The summed E-state index contributed by atoms with van der Waals surface area (Å²) in [5.41, 5.74) is 2.69. The van der Waals surface area contributed by atoms with Gasteiger partial charge in [0.15, 0.2) is 0 Å². The molecule has 0 spiro atoms. The van der Waals surface area contributed by atoms with Crippen molar-refractivity contribution in [3.05, 3.63) is 106 Å². The number of aliphatic hydroxyl groups is 1. The van der Waals surface area contributed by atoms with E-state index in [0.717, 1.165) is 5.56 Å². The Morgan fingerprint density at radius 2 is 1.79 bits per heavy atom. The number of rotatable bonds is 5. The molecule has 0 amide bonds. The molecule has 1 heterocycles. The standard InChI is InChI=1S/C23H18N2O3/c26-22(14-21-23(27)25-20-12-5-4-11-19(20)24-21)17-9-6-10-18(13-17)28-15-16-7-2-1-3-8-16/h1-14,26H,15H2,(H,25,27)/b22-14-. The van der Waals surface area contributed by atoms with Crippen LogP contribution in [0.25, 0.3) is 22.9 Å². The van der Waals surface area contributed by atoms with Gasteiger partial charge in [-0.15, -0.1) is 0 Å². The monoisotopic (exact) mass is 370 g/mol. The summed E-state index contributed by atoms with van der Waals surface area (Å²) in [6.07, 6.45) is 1.36. The molecule has 0 radical (unpaired) electrons. The first-order valence-electron chi connectivity index (χ1n) is 8.86. The summed E-state index contributed by atoms with van der Waals surface area (Å²) in [5, 5.41) is 10.5. The van der Waals surface area contributed by atoms with E-state index in [1.54, 1.807) is 30.3 Å². The molecule has 28 heavy (non-hydrogen) atoms. The zero-order valence-electron chi connectivity index (χ0n) is 15.0. The lowest BCUT2D eigenvalue weighted by Crippen LogP contribution is -2.12. The van der Waals surface area contributed by atoms with Crippen molar-refractivity contribution in [2.45, 2.75) is 6.61 Å². The molecule has 0 aliphatic rings. The quantitative estimate of drug-likeness (QED) is 0.505. The van der Waals surface area contributed by atoms with E-state index < -0.39 is 0 Å². The van der Waals surface area contributed by atoms with Gasteiger partial charge in [0.25, 0.3) is 5.56 Å². The van der Waals surface area contributed by atoms with Crippen molar-refractivity contribution < 1.29 is 9.84 Å². The molecule has 0 saturated heterocycles. The fourth-order valence-electron chi connectivity index (χ4n) is 2.84. The Morgan fingerprint density at radius 3 is 2.64 bits per heavy atom. The van der Waals surface area contributed by atoms with Gasteiger partial charge >= 0.3 is 0 Å². The van der Waals surface area contributed by atoms with Crippen LogP contribution in [0, 0.1) is 0 Å². The highest BCUT2D eigenvalue weighted by Gasteiger charge is 2.07. The summed E-state index contributed by atoms with van der Waals surface area (Å²) in [6.45, 7) is 0.431. The van der Waals surface area contributed by atoms with Gasteiger partial charge in [0.05, 0.1) is 11.0 Å². The maximum absolute atomic E-state index is 12.2. The van der Waals surface area contributed by atoms with Crippen LogP contribution in [-0.4, -0.2) is 15.1 Å². The zero-order chi connectivity index (χ0) is 19.3. The van der Waals surface area contributed by atoms with Crippen LogP contribution in [0.5, 0.6) is 5.75 Å². The van der Waals surface area contributed by atoms with Gasteiger partial charge in [-0.1, -0.05) is 54.6 Å². The third kappa shape index (κ3) is 3.94. The second-order valence-electron chi connectivity index (χ2n) is 6.30. The van der Waals surface area contributed by atoms with Gasteiger partial charge in [0.2, 0.25) is 0 Å². The summed E-state index contributed by atoms with van der Waals surface area (Å²) >= 11 is 0. The molecule has 0 unspecified atom stereocenters. The van der Waals surface area contributed by atoms with Crippen molar-refractivity contribution in [2.24, 2.45) is 0 Å². The van der Waals surface area contributed by atoms with E-state index in [2.05, 4.69) is 9.97 Å². The molecule has 0 fully saturated rings. The Kier molecular flexibility index (Phi) is 4.89. The number of aromatic nitrogens is 2. The number of H-pyrrole nitrogens is 1. The number of nitrogens with zero attached hydrogens (tertiary/aromatic N) is 1. The third-order valence-electron chi connectivity index (χ3n) is 4.28. The Balaban J connectivity index is 1.58. The Morgan fingerprint density at radius 1 is 1.00 bits per heavy atom. The highest BCUT2D eigenvalue weighted by atomic mass is 16.5. The summed E-state index contributed by atoms with van der Waals surface area (Å²) in [7, 11) is 0. The van der Waals surface area contributed by atoms with Gasteiger partial charge in [0.1, 0.15) is 23.8 Å². The lowest BCUT2D eigenvalue weighted by molar-refractivity contribution is 0.306. The minimum absolute atomic E-state index is 0.0570. The fraction of sp³-hybridized carbons (Fsp3) is 0.0435. The molecule has 2 N–H and O–H groups in total. The molecule has 0 saturated carbocycles. The van der Waals surface area contributed by atoms with Crippen molar-refractivity contribution >= 4 is 22.9 Å². The van der Waals surface area contributed by atoms with Crippen LogP contribution in [-0.2, 0) is 6.61 Å². The lowest BCUT2D eigenvalue weighted by Gasteiger charge is -2.08. The van der Waals surface area contributed by atoms with E-state index in [1.165, 1.54) is 6.08 Å². The van der Waals surface area contributed by atoms with Crippen LogP contribution in [0.4, 0.5) is 0 Å². The molecular formula is C23H18N2O3. The summed E-state index contributed by atoms with van der Waals surface area (Å²) in [4.78, 5) is 19.3. The number of aromatic amines is 1. The number of para-hydroxylation sites is 2.